The highest BCUT2D eigenvalue weighted by atomic mass is 32.1. The van der Waals surface area contributed by atoms with E-state index in [0.29, 0.717) is 0 Å². The van der Waals surface area contributed by atoms with Crippen LogP contribution in [-0.4, -0.2) is 18.5 Å². The zero-order chi connectivity index (χ0) is 10.1. The lowest BCUT2D eigenvalue weighted by Crippen LogP contribution is -2.52. The predicted molar refractivity (Wildman–Crippen MR) is 57.4 cm³/mol. The van der Waals surface area contributed by atoms with Crippen molar-refractivity contribution in [1.82, 2.24) is 10.6 Å². The largest absolute Gasteiger partial charge is 0.351 e. The molecule has 0 aliphatic carbocycles. The summed E-state index contributed by atoms with van der Waals surface area (Å²) in [6.07, 6.45) is 0. The molecule has 2 rings (SSSR count). The second-order valence-corrected chi connectivity index (χ2v) is 4.67. The third-order valence-electron chi connectivity index (χ3n) is 2.44. The van der Waals surface area contributed by atoms with Crippen LogP contribution in [0.1, 0.15) is 23.4 Å². The van der Waals surface area contributed by atoms with Crippen molar-refractivity contribution in [3.63, 3.8) is 0 Å². The molecule has 1 saturated heterocycles. The van der Waals surface area contributed by atoms with E-state index in [0.717, 1.165) is 11.4 Å². The van der Waals surface area contributed by atoms with Crippen LogP contribution in [0.2, 0.25) is 0 Å². The smallest absolute Gasteiger partial charge is 0.242 e. The summed E-state index contributed by atoms with van der Waals surface area (Å²) in [6.45, 7) is 4.88. The summed E-state index contributed by atoms with van der Waals surface area (Å²) in [6, 6.07) is 2.14. The molecule has 0 saturated carbocycles. The van der Waals surface area contributed by atoms with Crippen LogP contribution in [0.4, 0.5) is 0 Å². The van der Waals surface area contributed by atoms with Gasteiger partial charge in [0.25, 0.3) is 0 Å². The van der Waals surface area contributed by atoms with E-state index in [9.17, 15) is 4.79 Å². The highest BCUT2D eigenvalue weighted by molar-refractivity contribution is 7.10. The van der Waals surface area contributed by atoms with Crippen LogP contribution in [0.15, 0.2) is 11.4 Å². The fourth-order valence-corrected chi connectivity index (χ4v) is 2.66. The number of amides is 1. The molecule has 1 amide bonds. The molecule has 1 aromatic rings. The highest BCUT2D eigenvalue weighted by Gasteiger charge is 2.28. The second kappa shape index (κ2) is 3.71. The van der Waals surface area contributed by atoms with E-state index < -0.39 is 0 Å². The van der Waals surface area contributed by atoms with Crippen molar-refractivity contribution in [2.24, 2.45) is 0 Å². The SMILES string of the molecule is Cc1ccsc1C1NCC(C)NC1=O. The van der Waals surface area contributed by atoms with Gasteiger partial charge in [-0.25, -0.2) is 0 Å². The molecule has 3 nitrogen and oxygen atoms in total. The molecule has 76 valence electrons. The summed E-state index contributed by atoms with van der Waals surface area (Å²) in [7, 11) is 0. The summed E-state index contributed by atoms with van der Waals surface area (Å²) in [5.74, 6) is 0.0919. The Balaban J connectivity index is 2.20. The minimum Gasteiger partial charge on any atom is -0.351 e. The van der Waals surface area contributed by atoms with Crippen molar-refractivity contribution >= 4 is 17.2 Å². The molecular weight excluding hydrogens is 196 g/mol. The Morgan fingerprint density at radius 3 is 2.93 bits per heavy atom. The van der Waals surface area contributed by atoms with Crippen LogP contribution < -0.4 is 10.6 Å². The monoisotopic (exact) mass is 210 g/mol. The molecule has 1 aromatic heterocycles. The fraction of sp³-hybridized carbons (Fsp3) is 0.500. The van der Waals surface area contributed by atoms with Gasteiger partial charge in [0, 0.05) is 17.5 Å². The van der Waals surface area contributed by atoms with E-state index in [1.807, 2.05) is 25.3 Å². The van der Waals surface area contributed by atoms with Crippen LogP contribution in [-0.2, 0) is 4.79 Å². The number of hydrogen-bond donors (Lipinski definition) is 2. The first kappa shape index (κ1) is 9.68. The molecule has 2 unspecified atom stereocenters. The number of piperazine rings is 1. The lowest BCUT2D eigenvalue weighted by molar-refractivity contribution is -0.125. The average molecular weight is 210 g/mol. The molecule has 0 bridgehead atoms. The maximum atomic E-state index is 11.7. The third-order valence-corrected chi connectivity index (χ3v) is 3.53. The Kier molecular flexibility index (Phi) is 2.56. The van der Waals surface area contributed by atoms with Crippen molar-refractivity contribution < 1.29 is 4.79 Å². The third kappa shape index (κ3) is 1.67. The van der Waals surface area contributed by atoms with Crippen LogP contribution in [0.25, 0.3) is 0 Å². The van der Waals surface area contributed by atoms with Gasteiger partial charge in [-0.05, 0) is 30.9 Å². The topological polar surface area (TPSA) is 41.1 Å². The molecule has 0 spiro atoms. The first-order valence-corrected chi connectivity index (χ1v) is 5.64. The zero-order valence-electron chi connectivity index (χ0n) is 8.33. The second-order valence-electron chi connectivity index (χ2n) is 3.72. The Hall–Kier alpha value is -0.870. The summed E-state index contributed by atoms with van der Waals surface area (Å²) in [4.78, 5) is 12.8. The predicted octanol–water partition coefficient (Wildman–Crippen LogP) is 1.21. The molecule has 0 aromatic carbocycles. The lowest BCUT2D eigenvalue weighted by Gasteiger charge is -2.28. The molecule has 1 aliphatic rings. The van der Waals surface area contributed by atoms with Crippen molar-refractivity contribution in [1.29, 1.82) is 0 Å². The van der Waals surface area contributed by atoms with E-state index in [2.05, 4.69) is 10.6 Å². The molecular formula is C10H14N2OS. The number of carbonyl (C=O) groups excluding carboxylic acids is 1. The number of carbonyl (C=O) groups is 1. The number of rotatable bonds is 1. The average Bonchev–Trinajstić information content (AvgIpc) is 2.52. The van der Waals surface area contributed by atoms with Gasteiger partial charge in [0.15, 0.2) is 0 Å². The Labute approximate surface area is 87.5 Å². The van der Waals surface area contributed by atoms with E-state index >= 15 is 0 Å². The van der Waals surface area contributed by atoms with E-state index in [1.165, 1.54) is 5.56 Å². The summed E-state index contributed by atoms with van der Waals surface area (Å²) >= 11 is 1.64. The quantitative estimate of drug-likeness (QED) is 0.731. The van der Waals surface area contributed by atoms with Gasteiger partial charge in [0.1, 0.15) is 6.04 Å². The first-order valence-electron chi connectivity index (χ1n) is 4.76. The van der Waals surface area contributed by atoms with Crippen LogP contribution in [0.3, 0.4) is 0 Å². The van der Waals surface area contributed by atoms with E-state index in [4.69, 9.17) is 0 Å². The van der Waals surface area contributed by atoms with Crippen LogP contribution >= 0.6 is 11.3 Å². The van der Waals surface area contributed by atoms with Crippen molar-refractivity contribution in [3.05, 3.63) is 21.9 Å². The summed E-state index contributed by atoms with van der Waals surface area (Å²) < 4.78 is 0. The number of hydrogen-bond acceptors (Lipinski definition) is 3. The van der Waals surface area contributed by atoms with Gasteiger partial charge < -0.3 is 5.32 Å². The first-order chi connectivity index (χ1) is 6.68. The number of thiophene rings is 1. The minimum absolute atomic E-state index is 0.0919. The summed E-state index contributed by atoms with van der Waals surface area (Å²) in [5, 5.41) is 8.24. The van der Waals surface area contributed by atoms with Gasteiger partial charge in [0.05, 0.1) is 0 Å². The fourth-order valence-electron chi connectivity index (χ4n) is 1.66. The lowest BCUT2D eigenvalue weighted by atomic mass is 10.1. The standard InChI is InChI=1S/C10H14N2OS/c1-6-3-4-14-9(6)8-10(13)12-7(2)5-11-8/h3-4,7-8,11H,5H2,1-2H3,(H,12,13). The Morgan fingerprint density at radius 2 is 2.36 bits per heavy atom. The molecule has 2 N–H and O–H groups in total. The minimum atomic E-state index is -0.147. The van der Waals surface area contributed by atoms with Crippen molar-refractivity contribution in [2.45, 2.75) is 25.9 Å². The van der Waals surface area contributed by atoms with Gasteiger partial charge in [-0.3, -0.25) is 10.1 Å². The highest BCUT2D eigenvalue weighted by Crippen LogP contribution is 2.25. The van der Waals surface area contributed by atoms with Gasteiger partial charge in [0.2, 0.25) is 5.91 Å². The normalized spacial score (nSPS) is 27.4. The molecule has 0 radical (unpaired) electrons. The maximum Gasteiger partial charge on any atom is 0.242 e. The van der Waals surface area contributed by atoms with E-state index in [1.54, 1.807) is 11.3 Å². The van der Waals surface area contributed by atoms with Gasteiger partial charge in [-0.1, -0.05) is 0 Å². The molecule has 2 heterocycles. The van der Waals surface area contributed by atoms with Gasteiger partial charge in [-0.2, -0.15) is 0 Å². The molecule has 1 fully saturated rings. The molecule has 2 atom stereocenters. The van der Waals surface area contributed by atoms with Crippen molar-refractivity contribution in [2.75, 3.05) is 6.54 Å². The van der Waals surface area contributed by atoms with E-state index in [-0.39, 0.29) is 18.0 Å². The number of nitrogens with one attached hydrogen (secondary N) is 2. The molecule has 1 aliphatic heterocycles. The Bertz CT molecular complexity index is 348. The zero-order valence-corrected chi connectivity index (χ0v) is 9.15. The maximum absolute atomic E-state index is 11.7. The Morgan fingerprint density at radius 1 is 1.57 bits per heavy atom. The van der Waals surface area contributed by atoms with Crippen LogP contribution in [0, 0.1) is 6.92 Å². The van der Waals surface area contributed by atoms with Gasteiger partial charge in [-0.15, -0.1) is 11.3 Å². The number of aryl methyl sites for hydroxylation is 1. The van der Waals surface area contributed by atoms with Gasteiger partial charge >= 0.3 is 0 Å². The molecule has 4 heteroatoms. The molecule has 14 heavy (non-hydrogen) atoms. The van der Waals surface area contributed by atoms with Crippen molar-refractivity contribution in [3.8, 4) is 0 Å². The van der Waals surface area contributed by atoms with Crippen LogP contribution in [0.5, 0.6) is 0 Å². The summed E-state index contributed by atoms with van der Waals surface area (Å²) in [5.41, 5.74) is 1.19.